The van der Waals surface area contributed by atoms with Gasteiger partial charge < -0.3 is 10.1 Å². The predicted molar refractivity (Wildman–Crippen MR) is 87.2 cm³/mol. The Balaban J connectivity index is 2.53. The maximum atomic E-state index is 5.22. The highest BCUT2D eigenvalue weighted by molar-refractivity contribution is 5.25. The summed E-state index contributed by atoms with van der Waals surface area (Å²) < 4.78 is 5.22. The minimum Gasteiger partial charge on any atom is -0.385 e. The van der Waals surface area contributed by atoms with Gasteiger partial charge in [-0.1, -0.05) is 38.1 Å². The molecule has 20 heavy (non-hydrogen) atoms. The summed E-state index contributed by atoms with van der Waals surface area (Å²) in [6.07, 6.45) is 4.69. The van der Waals surface area contributed by atoms with E-state index >= 15 is 0 Å². The summed E-state index contributed by atoms with van der Waals surface area (Å²) in [4.78, 5) is 0. The molecule has 1 aromatic rings. The van der Waals surface area contributed by atoms with Crippen LogP contribution in [0.5, 0.6) is 0 Å². The minimum absolute atomic E-state index is 0.588. The number of hydrogen-bond donors (Lipinski definition) is 1. The quantitative estimate of drug-likeness (QED) is 0.699. The van der Waals surface area contributed by atoms with Crippen molar-refractivity contribution in [2.24, 2.45) is 5.92 Å². The maximum absolute atomic E-state index is 5.22. The van der Waals surface area contributed by atoms with Crippen molar-refractivity contribution in [3.8, 4) is 0 Å². The molecule has 0 heterocycles. The van der Waals surface area contributed by atoms with Gasteiger partial charge in [0.1, 0.15) is 0 Å². The summed E-state index contributed by atoms with van der Waals surface area (Å²) >= 11 is 0. The van der Waals surface area contributed by atoms with Crippen molar-refractivity contribution in [1.29, 1.82) is 0 Å². The van der Waals surface area contributed by atoms with E-state index in [4.69, 9.17) is 4.74 Å². The number of aryl methyl sites for hydroxylation is 2. The zero-order valence-corrected chi connectivity index (χ0v) is 13.6. The van der Waals surface area contributed by atoms with Gasteiger partial charge in [-0.3, -0.25) is 0 Å². The molecule has 0 bridgehead atoms. The molecule has 0 saturated heterocycles. The third kappa shape index (κ3) is 6.06. The van der Waals surface area contributed by atoms with Crippen molar-refractivity contribution in [2.45, 2.75) is 52.5 Å². The van der Waals surface area contributed by atoms with Crippen molar-refractivity contribution in [3.63, 3.8) is 0 Å². The Bertz CT molecular complexity index is 364. The van der Waals surface area contributed by atoms with Gasteiger partial charge in [-0.2, -0.15) is 0 Å². The summed E-state index contributed by atoms with van der Waals surface area (Å²) in [7, 11) is 1.79. The van der Waals surface area contributed by atoms with Gasteiger partial charge in [0, 0.05) is 19.8 Å². The fraction of sp³-hybridized carbons (Fsp3) is 0.667. The molecule has 2 nitrogen and oxygen atoms in total. The van der Waals surface area contributed by atoms with E-state index in [0.717, 1.165) is 26.0 Å². The Morgan fingerprint density at radius 2 is 1.95 bits per heavy atom. The molecule has 0 saturated carbocycles. The second-order valence-electron chi connectivity index (χ2n) is 5.78. The van der Waals surface area contributed by atoms with Crippen LogP contribution in [0.1, 0.15) is 44.2 Å². The molecule has 2 heteroatoms. The number of ether oxygens (including phenoxy) is 1. The number of rotatable bonds is 10. The molecule has 0 radical (unpaired) electrons. The van der Waals surface area contributed by atoms with Crippen LogP contribution in [0, 0.1) is 12.8 Å². The highest BCUT2D eigenvalue weighted by Crippen LogP contribution is 2.17. The number of nitrogens with one attached hydrogen (secondary N) is 1. The van der Waals surface area contributed by atoms with Gasteiger partial charge >= 0.3 is 0 Å². The fourth-order valence-electron chi connectivity index (χ4n) is 2.62. The van der Waals surface area contributed by atoms with Crippen LogP contribution < -0.4 is 5.32 Å². The van der Waals surface area contributed by atoms with E-state index in [-0.39, 0.29) is 0 Å². The van der Waals surface area contributed by atoms with Gasteiger partial charge in [0.05, 0.1) is 0 Å². The first-order valence-electron chi connectivity index (χ1n) is 7.95. The molecule has 0 aliphatic carbocycles. The van der Waals surface area contributed by atoms with Crippen LogP contribution >= 0.6 is 0 Å². The van der Waals surface area contributed by atoms with E-state index in [9.17, 15) is 0 Å². The van der Waals surface area contributed by atoms with E-state index < -0.39 is 0 Å². The molecule has 0 aromatic heterocycles. The molecular weight excluding hydrogens is 246 g/mol. The lowest BCUT2D eigenvalue weighted by atomic mass is 9.92. The Morgan fingerprint density at radius 3 is 2.60 bits per heavy atom. The first kappa shape index (κ1) is 17.2. The standard InChI is InChI=1S/C18H31NO/c1-5-13-19-18(16(3)12-14-20-4)11-10-17-9-7-6-8-15(17)2/h6-9,16,18-19H,5,10-14H2,1-4H3. The first-order chi connectivity index (χ1) is 9.69. The lowest BCUT2D eigenvalue weighted by Crippen LogP contribution is -2.36. The second-order valence-corrected chi connectivity index (χ2v) is 5.78. The highest BCUT2D eigenvalue weighted by atomic mass is 16.5. The molecule has 2 atom stereocenters. The molecule has 0 aliphatic heterocycles. The molecule has 1 aromatic carbocycles. The molecule has 2 unspecified atom stereocenters. The topological polar surface area (TPSA) is 21.3 Å². The molecule has 1 rings (SSSR count). The average Bonchev–Trinajstić information content (AvgIpc) is 2.46. The van der Waals surface area contributed by atoms with E-state index in [1.165, 1.54) is 24.0 Å². The van der Waals surface area contributed by atoms with Gasteiger partial charge in [-0.25, -0.2) is 0 Å². The zero-order valence-electron chi connectivity index (χ0n) is 13.6. The van der Waals surface area contributed by atoms with E-state index in [0.29, 0.717) is 12.0 Å². The minimum atomic E-state index is 0.588. The summed E-state index contributed by atoms with van der Waals surface area (Å²) in [6, 6.07) is 9.31. The summed E-state index contributed by atoms with van der Waals surface area (Å²) in [5.41, 5.74) is 2.89. The van der Waals surface area contributed by atoms with E-state index in [1.54, 1.807) is 7.11 Å². The zero-order chi connectivity index (χ0) is 14.8. The third-order valence-corrected chi connectivity index (χ3v) is 4.11. The van der Waals surface area contributed by atoms with Gasteiger partial charge in [0.25, 0.3) is 0 Å². The maximum Gasteiger partial charge on any atom is 0.0465 e. The van der Waals surface area contributed by atoms with Crippen LogP contribution in [0.25, 0.3) is 0 Å². The number of hydrogen-bond acceptors (Lipinski definition) is 2. The monoisotopic (exact) mass is 277 g/mol. The molecule has 0 fully saturated rings. The predicted octanol–water partition coefficient (Wildman–Crippen LogP) is 3.97. The Morgan fingerprint density at radius 1 is 1.20 bits per heavy atom. The van der Waals surface area contributed by atoms with Crippen LogP contribution in [0.4, 0.5) is 0 Å². The van der Waals surface area contributed by atoms with E-state index in [1.807, 2.05) is 0 Å². The molecule has 0 amide bonds. The highest BCUT2D eigenvalue weighted by Gasteiger charge is 2.16. The normalized spacial score (nSPS) is 14.2. The molecular formula is C18H31NO. The van der Waals surface area contributed by atoms with Crippen molar-refractivity contribution in [2.75, 3.05) is 20.3 Å². The molecule has 114 valence electrons. The summed E-state index contributed by atoms with van der Waals surface area (Å²) in [5, 5.41) is 3.71. The summed E-state index contributed by atoms with van der Waals surface area (Å²) in [5.74, 6) is 0.658. The van der Waals surface area contributed by atoms with Gasteiger partial charge in [-0.05, 0) is 56.2 Å². The number of methoxy groups -OCH3 is 1. The van der Waals surface area contributed by atoms with Crippen molar-refractivity contribution >= 4 is 0 Å². The Labute approximate surface area is 124 Å². The average molecular weight is 277 g/mol. The van der Waals surface area contributed by atoms with Gasteiger partial charge in [-0.15, -0.1) is 0 Å². The lowest BCUT2D eigenvalue weighted by Gasteiger charge is -2.25. The van der Waals surface area contributed by atoms with Crippen molar-refractivity contribution < 1.29 is 4.74 Å². The summed E-state index contributed by atoms with van der Waals surface area (Å²) in [6.45, 7) is 8.74. The molecule has 0 aliphatic rings. The van der Waals surface area contributed by atoms with Crippen LogP contribution in [0.2, 0.25) is 0 Å². The van der Waals surface area contributed by atoms with Crippen LogP contribution in [-0.4, -0.2) is 26.3 Å². The van der Waals surface area contributed by atoms with Crippen LogP contribution in [0.15, 0.2) is 24.3 Å². The lowest BCUT2D eigenvalue weighted by molar-refractivity contribution is 0.168. The van der Waals surface area contributed by atoms with Crippen LogP contribution in [-0.2, 0) is 11.2 Å². The Hall–Kier alpha value is -0.860. The first-order valence-corrected chi connectivity index (χ1v) is 7.95. The van der Waals surface area contributed by atoms with Gasteiger partial charge in [0.15, 0.2) is 0 Å². The third-order valence-electron chi connectivity index (χ3n) is 4.11. The van der Waals surface area contributed by atoms with Crippen molar-refractivity contribution in [3.05, 3.63) is 35.4 Å². The van der Waals surface area contributed by atoms with Crippen LogP contribution in [0.3, 0.4) is 0 Å². The Kier molecular flexibility index (Phi) is 8.56. The fourth-order valence-corrected chi connectivity index (χ4v) is 2.62. The van der Waals surface area contributed by atoms with Crippen molar-refractivity contribution in [1.82, 2.24) is 5.32 Å². The second kappa shape index (κ2) is 9.95. The number of benzene rings is 1. The van der Waals surface area contributed by atoms with Gasteiger partial charge in [0.2, 0.25) is 0 Å². The largest absolute Gasteiger partial charge is 0.385 e. The molecule has 1 N–H and O–H groups in total. The SMILES string of the molecule is CCCNC(CCc1ccccc1C)C(C)CCOC. The van der Waals surface area contributed by atoms with E-state index in [2.05, 4.69) is 50.4 Å². The smallest absolute Gasteiger partial charge is 0.0465 e. The molecule has 0 spiro atoms.